The lowest BCUT2D eigenvalue weighted by Gasteiger charge is -2.10. The number of methoxy groups -OCH3 is 1. The number of hydrogen-bond donors (Lipinski definition) is 1. The first kappa shape index (κ1) is 22.1. The van der Waals surface area contributed by atoms with Gasteiger partial charge in [0.05, 0.1) is 19.1 Å². The van der Waals surface area contributed by atoms with Gasteiger partial charge >= 0.3 is 0 Å². The Morgan fingerprint density at radius 1 is 1.25 bits per heavy atom. The third-order valence-corrected chi connectivity index (χ3v) is 6.38. The number of hydrogen-bond acceptors (Lipinski definition) is 8. The van der Waals surface area contributed by atoms with E-state index in [-0.39, 0.29) is 11.7 Å². The molecule has 166 valence electrons. The van der Waals surface area contributed by atoms with Gasteiger partial charge < -0.3 is 19.0 Å². The highest BCUT2D eigenvalue weighted by Crippen LogP contribution is 2.28. The molecule has 4 rings (SSSR count). The fourth-order valence-electron chi connectivity index (χ4n) is 3.02. The monoisotopic (exact) mass is 469 g/mol. The first-order chi connectivity index (χ1) is 15.7. The minimum absolute atomic E-state index is 0.147. The Balaban J connectivity index is 1.42. The van der Waals surface area contributed by atoms with E-state index in [1.165, 1.54) is 23.1 Å². The van der Waals surface area contributed by atoms with Crippen molar-refractivity contribution in [2.75, 3.05) is 18.2 Å². The van der Waals surface area contributed by atoms with Gasteiger partial charge in [-0.3, -0.25) is 4.79 Å². The van der Waals surface area contributed by atoms with E-state index in [4.69, 9.17) is 9.15 Å². The Kier molecular flexibility index (Phi) is 7.23. The first-order valence-corrected chi connectivity index (χ1v) is 12.0. The molecule has 0 bridgehead atoms. The number of nitrogens with zero attached hydrogens (tertiary/aromatic N) is 4. The zero-order valence-electron chi connectivity index (χ0n) is 17.8. The van der Waals surface area contributed by atoms with Crippen molar-refractivity contribution in [3.8, 4) is 28.6 Å². The molecule has 8 nitrogen and oxygen atoms in total. The van der Waals surface area contributed by atoms with Gasteiger partial charge in [-0.25, -0.2) is 4.98 Å². The summed E-state index contributed by atoms with van der Waals surface area (Å²) >= 11 is 2.72. The van der Waals surface area contributed by atoms with Crippen LogP contribution in [-0.4, -0.2) is 38.5 Å². The Bertz CT molecular complexity index is 1150. The number of thioether (sulfide) groups is 1. The second-order valence-corrected chi connectivity index (χ2v) is 8.69. The molecule has 0 aliphatic heterocycles. The molecule has 3 heterocycles. The fraction of sp³-hybridized carbons (Fsp3) is 0.273. The van der Waals surface area contributed by atoms with Crippen LogP contribution in [0.2, 0.25) is 0 Å². The number of nitrogens with one attached hydrogen (secondary N) is 1. The van der Waals surface area contributed by atoms with E-state index in [0.29, 0.717) is 16.6 Å². The molecule has 0 unspecified atom stereocenters. The van der Waals surface area contributed by atoms with Crippen molar-refractivity contribution >= 4 is 34.1 Å². The van der Waals surface area contributed by atoms with E-state index in [1.54, 1.807) is 19.4 Å². The van der Waals surface area contributed by atoms with Gasteiger partial charge in [0.1, 0.15) is 11.4 Å². The normalized spacial score (nSPS) is 10.9. The molecule has 0 aliphatic carbocycles. The van der Waals surface area contributed by atoms with Crippen LogP contribution >= 0.6 is 23.1 Å². The zero-order valence-corrected chi connectivity index (χ0v) is 19.4. The van der Waals surface area contributed by atoms with Crippen LogP contribution in [0.25, 0.3) is 22.8 Å². The minimum atomic E-state index is -0.147. The van der Waals surface area contributed by atoms with Crippen LogP contribution < -0.4 is 10.1 Å². The van der Waals surface area contributed by atoms with Crippen molar-refractivity contribution in [2.45, 2.75) is 31.5 Å². The molecule has 10 heteroatoms. The number of amides is 1. The molecule has 0 spiro atoms. The van der Waals surface area contributed by atoms with Crippen LogP contribution in [0.3, 0.4) is 0 Å². The minimum Gasteiger partial charge on any atom is -0.497 e. The number of rotatable bonds is 10. The van der Waals surface area contributed by atoms with Crippen molar-refractivity contribution < 1.29 is 13.9 Å². The van der Waals surface area contributed by atoms with E-state index < -0.39 is 0 Å². The van der Waals surface area contributed by atoms with Crippen LogP contribution in [0.5, 0.6) is 5.75 Å². The maximum absolute atomic E-state index is 12.5. The number of thiazole rings is 1. The van der Waals surface area contributed by atoms with Gasteiger partial charge in [-0.15, -0.1) is 21.5 Å². The Morgan fingerprint density at radius 2 is 2.09 bits per heavy atom. The molecule has 0 aliphatic rings. The van der Waals surface area contributed by atoms with Gasteiger partial charge in [-0.1, -0.05) is 25.1 Å². The van der Waals surface area contributed by atoms with Gasteiger partial charge in [-0.05, 0) is 42.8 Å². The largest absolute Gasteiger partial charge is 0.497 e. The number of furan rings is 1. The smallest absolute Gasteiger partial charge is 0.236 e. The molecule has 1 aromatic carbocycles. The summed E-state index contributed by atoms with van der Waals surface area (Å²) in [5, 5.41) is 14.7. The van der Waals surface area contributed by atoms with Crippen molar-refractivity contribution in [2.24, 2.45) is 0 Å². The van der Waals surface area contributed by atoms with Crippen molar-refractivity contribution in [3.05, 3.63) is 48.0 Å². The van der Waals surface area contributed by atoms with Gasteiger partial charge in [0.2, 0.25) is 5.91 Å². The highest BCUT2D eigenvalue weighted by molar-refractivity contribution is 7.99. The Morgan fingerprint density at radius 3 is 2.81 bits per heavy atom. The average Bonchev–Trinajstić information content (AvgIpc) is 3.57. The highest BCUT2D eigenvalue weighted by atomic mass is 32.2. The molecule has 0 fully saturated rings. The lowest BCUT2D eigenvalue weighted by atomic mass is 10.2. The number of anilines is 1. The number of carbonyl (C=O) groups is 1. The van der Waals surface area contributed by atoms with E-state index in [9.17, 15) is 4.79 Å². The lowest BCUT2D eigenvalue weighted by molar-refractivity contribution is -0.113. The van der Waals surface area contributed by atoms with Crippen molar-refractivity contribution in [1.29, 1.82) is 0 Å². The van der Waals surface area contributed by atoms with Gasteiger partial charge in [0, 0.05) is 17.5 Å². The Labute approximate surface area is 194 Å². The third-order valence-electron chi connectivity index (χ3n) is 4.66. The number of aromatic nitrogens is 4. The summed E-state index contributed by atoms with van der Waals surface area (Å²) in [6.45, 7) is 2.93. The van der Waals surface area contributed by atoms with Crippen molar-refractivity contribution in [1.82, 2.24) is 19.7 Å². The van der Waals surface area contributed by atoms with Crippen LogP contribution in [0.4, 0.5) is 5.13 Å². The molecule has 0 atom stereocenters. The van der Waals surface area contributed by atoms with E-state index in [0.717, 1.165) is 41.7 Å². The van der Waals surface area contributed by atoms with Gasteiger partial charge in [-0.2, -0.15) is 0 Å². The van der Waals surface area contributed by atoms with E-state index >= 15 is 0 Å². The summed E-state index contributed by atoms with van der Waals surface area (Å²) in [4.78, 5) is 16.9. The molecule has 1 amide bonds. The molecule has 0 saturated heterocycles. The van der Waals surface area contributed by atoms with Gasteiger partial charge in [0.15, 0.2) is 21.9 Å². The van der Waals surface area contributed by atoms with Crippen LogP contribution in [0.15, 0.2) is 57.6 Å². The number of ether oxygens (including phenoxy) is 1. The molecule has 1 N–H and O–H groups in total. The number of benzene rings is 1. The summed E-state index contributed by atoms with van der Waals surface area (Å²) in [6.07, 6.45) is 3.64. The fourth-order valence-corrected chi connectivity index (χ4v) is 4.50. The molecule has 0 saturated carbocycles. The molecular formula is C22H23N5O3S2. The Hall–Kier alpha value is -3.11. The van der Waals surface area contributed by atoms with Gasteiger partial charge in [0.25, 0.3) is 0 Å². The SMILES string of the molecule is CCCCn1c(SCC(=O)Nc2nc(-c3ccco3)cs2)nnc1-c1ccc(OC)cc1. The zero-order chi connectivity index (χ0) is 22.3. The number of unbranched alkanes of at least 4 members (excludes halogenated alkanes) is 1. The van der Waals surface area contributed by atoms with Crippen LogP contribution in [0.1, 0.15) is 19.8 Å². The third kappa shape index (κ3) is 5.20. The molecule has 3 aromatic heterocycles. The average molecular weight is 470 g/mol. The van der Waals surface area contributed by atoms with Crippen LogP contribution in [-0.2, 0) is 11.3 Å². The van der Waals surface area contributed by atoms with E-state index in [2.05, 4.69) is 32.0 Å². The molecule has 32 heavy (non-hydrogen) atoms. The first-order valence-electron chi connectivity index (χ1n) is 10.2. The summed E-state index contributed by atoms with van der Waals surface area (Å²) in [7, 11) is 1.64. The van der Waals surface area contributed by atoms with Crippen LogP contribution in [0, 0.1) is 0 Å². The quantitative estimate of drug-likeness (QED) is 0.319. The predicted octanol–water partition coefficient (Wildman–Crippen LogP) is 5.20. The summed E-state index contributed by atoms with van der Waals surface area (Å²) in [6, 6.07) is 11.4. The molecular weight excluding hydrogens is 446 g/mol. The lowest BCUT2D eigenvalue weighted by Crippen LogP contribution is -2.14. The summed E-state index contributed by atoms with van der Waals surface area (Å²) in [5.41, 5.74) is 1.66. The molecule has 4 aromatic rings. The number of carbonyl (C=O) groups excluding carboxylic acids is 1. The maximum atomic E-state index is 12.5. The maximum Gasteiger partial charge on any atom is 0.236 e. The highest BCUT2D eigenvalue weighted by Gasteiger charge is 2.16. The topological polar surface area (TPSA) is 95.1 Å². The summed E-state index contributed by atoms with van der Waals surface area (Å²) in [5.74, 6) is 2.31. The summed E-state index contributed by atoms with van der Waals surface area (Å²) < 4.78 is 12.7. The predicted molar refractivity (Wildman–Crippen MR) is 126 cm³/mol. The standard InChI is InChI=1S/C22H23N5O3S2/c1-3-4-11-27-20(15-7-9-16(29-2)10-8-15)25-26-22(27)32-14-19(28)24-21-23-17(13-31-21)18-6-5-12-30-18/h5-10,12-13H,3-4,11,14H2,1-2H3,(H,23,24,28). The second-order valence-electron chi connectivity index (χ2n) is 6.89. The van der Waals surface area contributed by atoms with Crippen molar-refractivity contribution in [3.63, 3.8) is 0 Å². The van der Waals surface area contributed by atoms with E-state index in [1.807, 2.05) is 35.7 Å². The molecule has 0 radical (unpaired) electrons. The second kappa shape index (κ2) is 10.5.